The average molecular weight is 972 g/mol. The minimum atomic E-state index is -1.65. The molecule has 0 bridgehead atoms. The summed E-state index contributed by atoms with van der Waals surface area (Å²) in [5, 5.41) is 46.8. The molecule has 0 aromatic heterocycles. The van der Waals surface area contributed by atoms with E-state index in [0.29, 0.717) is 17.9 Å². The quantitative estimate of drug-likeness (QED) is 0.105. The molecule has 3 fully saturated rings. The monoisotopic (exact) mass is 972 g/mol. The van der Waals surface area contributed by atoms with Gasteiger partial charge in [0, 0.05) is 24.7 Å². The van der Waals surface area contributed by atoms with E-state index in [9.17, 15) is 48.9 Å². The van der Waals surface area contributed by atoms with Gasteiger partial charge in [-0.15, -0.1) is 0 Å². The zero-order valence-corrected chi connectivity index (χ0v) is 40.1. The summed E-state index contributed by atoms with van der Waals surface area (Å²) < 4.78 is 5.94. The van der Waals surface area contributed by atoms with Crippen molar-refractivity contribution in [2.24, 2.45) is 11.5 Å². The summed E-state index contributed by atoms with van der Waals surface area (Å²) >= 11 is 0. The number of fused-ring (bicyclic) bond motifs is 3. The lowest BCUT2D eigenvalue weighted by Crippen LogP contribution is -2.63. The molecule has 0 radical (unpaired) electrons. The Morgan fingerprint density at radius 3 is 2.19 bits per heavy atom. The van der Waals surface area contributed by atoms with Crippen LogP contribution in [0.1, 0.15) is 101 Å². The van der Waals surface area contributed by atoms with Crippen molar-refractivity contribution in [3.8, 4) is 11.5 Å². The van der Waals surface area contributed by atoms with Gasteiger partial charge in [0.1, 0.15) is 47.8 Å². The second-order valence-corrected chi connectivity index (χ2v) is 18.7. The van der Waals surface area contributed by atoms with Crippen LogP contribution in [0.25, 0.3) is 10.8 Å². The Labute approximate surface area is 407 Å². The minimum absolute atomic E-state index is 0.0170. The van der Waals surface area contributed by atoms with E-state index in [2.05, 4.69) is 33.5 Å². The number of phenolic OH excluding ortho intramolecular Hbond substituents is 1. The second-order valence-electron chi connectivity index (χ2n) is 18.7. The number of amides is 7. The van der Waals surface area contributed by atoms with Crippen molar-refractivity contribution in [2.75, 3.05) is 19.7 Å². The Morgan fingerprint density at radius 2 is 1.47 bits per heavy atom. The summed E-state index contributed by atoms with van der Waals surface area (Å²) in [5.41, 5.74) is 13.6. The van der Waals surface area contributed by atoms with Crippen molar-refractivity contribution >= 4 is 52.1 Å². The molecule has 20 heteroatoms. The van der Waals surface area contributed by atoms with Gasteiger partial charge in [-0.05, 0) is 118 Å². The van der Waals surface area contributed by atoms with Crippen molar-refractivity contribution < 1.29 is 53.6 Å². The van der Waals surface area contributed by atoms with Gasteiger partial charge in [0.2, 0.25) is 35.4 Å². The molecule has 0 spiro atoms. The number of hydrogen-bond acceptors (Lipinski definition) is 13. The standard InChI is InChI=1S/C50H69N9O11/c1-4-5-6-7-23-70-36-18-15-31-24-33(14-13-32(31)25-36)44(63)54-37-9-8-22-53-47(66)40-26-34(51)27-58(40)49(68)42(28(2)60)56-46(65)38(19-12-30-10-16-35(62)17-11-30)55-48(67)39-20-21-41(52)59(39)50(69)43(29(3)61)57-45(37)64/h10-11,13-18,24-25,28-29,34,37-43,60-62H,4-9,12,19-23,26-27,51-52H2,1-3H3,(H,53,66)(H,54,63)(H,55,67)(H,56,65)(H,57,64)/t28-,29+,34-,37-,38-,39-,40-,41+,42-,43-/m0/s1. The molecule has 6 rings (SSSR count). The highest BCUT2D eigenvalue weighted by Gasteiger charge is 2.46. The van der Waals surface area contributed by atoms with Crippen LogP contribution in [0.3, 0.4) is 0 Å². The van der Waals surface area contributed by atoms with Gasteiger partial charge in [0.15, 0.2) is 0 Å². The maximum absolute atomic E-state index is 14.4. The van der Waals surface area contributed by atoms with Crippen LogP contribution in [0.4, 0.5) is 0 Å². The highest BCUT2D eigenvalue weighted by atomic mass is 16.5. The third-order valence-electron chi connectivity index (χ3n) is 13.2. The molecule has 12 N–H and O–H groups in total. The molecule has 70 heavy (non-hydrogen) atoms. The van der Waals surface area contributed by atoms with E-state index in [-0.39, 0.29) is 69.3 Å². The van der Waals surface area contributed by atoms with Crippen LogP contribution in [-0.2, 0) is 35.2 Å². The molecule has 3 aromatic carbocycles. The number of benzene rings is 3. The van der Waals surface area contributed by atoms with Crippen LogP contribution in [0.2, 0.25) is 0 Å². The first-order valence-corrected chi connectivity index (χ1v) is 24.4. The Hall–Kier alpha value is -6.35. The predicted molar refractivity (Wildman–Crippen MR) is 259 cm³/mol. The van der Waals surface area contributed by atoms with E-state index in [1.807, 2.05) is 18.2 Å². The average Bonchev–Trinajstić information content (AvgIpc) is 3.93. The van der Waals surface area contributed by atoms with E-state index in [1.165, 1.54) is 30.9 Å². The summed E-state index contributed by atoms with van der Waals surface area (Å²) in [6.07, 6.45) is 0.735. The number of nitrogens with two attached hydrogens (primary N) is 2. The third-order valence-corrected chi connectivity index (χ3v) is 13.2. The highest BCUT2D eigenvalue weighted by Crippen LogP contribution is 2.26. The lowest BCUT2D eigenvalue weighted by molar-refractivity contribution is -0.146. The zero-order chi connectivity index (χ0) is 50.6. The number of aromatic hydroxyl groups is 1. The fourth-order valence-electron chi connectivity index (χ4n) is 9.23. The predicted octanol–water partition coefficient (Wildman–Crippen LogP) is 0.566. The summed E-state index contributed by atoms with van der Waals surface area (Å²) in [5.74, 6) is -4.63. The van der Waals surface area contributed by atoms with Crippen LogP contribution in [0.5, 0.6) is 11.5 Å². The van der Waals surface area contributed by atoms with Gasteiger partial charge in [-0.1, -0.05) is 50.5 Å². The fraction of sp³-hybridized carbons (Fsp3) is 0.540. The number of nitrogens with one attached hydrogen (secondary N) is 5. The van der Waals surface area contributed by atoms with Crippen LogP contribution >= 0.6 is 0 Å². The zero-order valence-electron chi connectivity index (χ0n) is 40.1. The van der Waals surface area contributed by atoms with Crippen LogP contribution in [-0.4, -0.2) is 147 Å². The van der Waals surface area contributed by atoms with E-state index in [4.69, 9.17) is 16.2 Å². The number of carbonyl (C=O) groups excluding carboxylic acids is 7. The minimum Gasteiger partial charge on any atom is -0.508 e. The van der Waals surface area contributed by atoms with E-state index < -0.39 is 102 Å². The highest BCUT2D eigenvalue weighted by molar-refractivity contribution is 6.02. The maximum atomic E-state index is 14.4. The number of nitrogens with zero attached hydrogens (tertiary/aromatic N) is 2. The molecule has 3 aliphatic rings. The van der Waals surface area contributed by atoms with Gasteiger partial charge in [-0.2, -0.15) is 0 Å². The number of hydrogen-bond donors (Lipinski definition) is 10. The molecule has 3 heterocycles. The number of ether oxygens (including phenoxy) is 1. The van der Waals surface area contributed by atoms with Gasteiger partial charge < -0.3 is 67.9 Å². The largest absolute Gasteiger partial charge is 0.508 e. The normalized spacial score (nSPS) is 26.2. The van der Waals surface area contributed by atoms with Crippen molar-refractivity contribution in [3.05, 3.63) is 71.8 Å². The van der Waals surface area contributed by atoms with Crippen LogP contribution < -0.4 is 42.8 Å². The Balaban J connectivity index is 1.28. The lowest BCUT2D eigenvalue weighted by atomic mass is 10.0. The smallest absolute Gasteiger partial charge is 0.251 e. The number of aryl methyl sites for hydroxylation is 1. The number of phenols is 1. The van der Waals surface area contributed by atoms with E-state index in [1.54, 1.807) is 30.3 Å². The summed E-state index contributed by atoms with van der Waals surface area (Å²) in [4.78, 5) is 101. The lowest BCUT2D eigenvalue weighted by Gasteiger charge is -2.34. The maximum Gasteiger partial charge on any atom is 0.251 e. The summed E-state index contributed by atoms with van der Waals surface area (Å²) in [6.45, 7) is 5.22. The third kappa shape index (κ3) is 13.5. The van der Waals surface area contributed by atoms with Crippen LogP contribution in [0.15, 0.2) is 60.7 Å². The second kappa shape index (κ2) is 24.5. The van der Waals surface area contributed by atoms with Gasteiger partial charge in [-0.25, -0.2) is 0 Å². The SMILES string of the molecule is CCCCCCOc1ccc2cc(C(=O)N[C@H]3CCCNC(=O)[C@@H]4C[C@H](N)CN4C(=O)[C@H]([C@H](C)O)NC(=O)[C@H](CCc4ccc(O)cc4)NC(=O)[C@@H]4CC[C@H](N)N4C(=O)[C@H]([C@@H](C)O)NC3=O)ccc2c1. The molecule has 7 amide bonds. The number of aliphatic hydroxyl groups is 2. The number of rotatable bonds is 13. The first-order chi connectivity index (χ1) is 33.4. The van der Waals surface area contributed by atoms with Crippen molar-refractivity contribution in [1.29, 1.82) is 0 Å². The van der Waals surface area contributed by atoms with E-state index in [0.717, 1.165) is 41.4 Å². The molecule has 380 valence electrons. The molecule has 10 atom stereocenters. The first kappa shape index (κ1) is 53.0. The first-order valence-electron chi connectivity index (χ1n) is 24.4. The Bertz CT molecular complexity index is 2350. The molecule has 20 nitrogen and oxygen atoms in total. The van der Waals surface area contributed by atoms with Crippen molar-refractivity contribution in [2.45, 2.75) is 152 Å². The van der Waals surface area contributed by atoms with Gasteiger partial charge in [0.05, 0.1) is 25.0 Å². The summed E-state index contributed by atoms with van der Waals surface area (Å²) in [6, 6.07) is 7.93. The Morgan fingerprint density at radius 1 is 0.786 bits per heavy atom. The molecular formula is C50H69N9O11. The number of aliphatic hydroxyl groups excluding tert-OH is 2. The number of carbonyl (C=O) groups is 7. The van der Waals surface area contributed by atoms with Crippen molar-refractivity contribution in [3.63, 3.8) is 0 Å². The van der Waals surface area contributed by atoms with Gasteiger partial charge >= 0.3 is 0 Å². The number of unbranched alkanes of at least 4 members (excludes halogenated alkanes) is 3. The van der Waals surface area contributed by atoms with Crippen molar-refractivity contribution in [1.82, 2.24) is 36.4 Å². The fourth-order valence-corrected chi connectivity index (χ4v) is 9.23. The van der Waals surface area contributed by atoms with E-state index >= 15 is 0 Å². The molecule has 0 unspecified atom stereocenters. The molecule has 0 aliphatic carbocycles. The molecular weight excluding hydrogens is 903 g/mol. The topological polar surface area (TPSA) is 308 Å². The van der Waals surface area contributed by atoms with Crippen LogP contribution in [0, 0.1) is 0 Å². The molecule has 0 saturated carbocycles. The molecule has 3 saturated heterocycles. The molecule has 3 aliphatic heterocycles. The Kier molecular flexibility index (Phi) is 18.5. The summed E-state index contributed by atoms with van der Waals surface area (Å²) in [7, 11) is 0. The molecule has 3 aromatic rings. The van der Waals surface area contributed by atoms with Gasteiger partial charge in [-0.3, -0.25) is 33.6 Å². The van der Waals surface area contributed by atoms with Gasteiger partial charge in [0.25, 0.3) is 5.91 Å².